The number of hydrogen-bond acceptors (Lipinski definition) is 2. The van der Waals surface area contributed by atoms with Crippen molar-refractivity contribution < 1.29 is 9.18 Å². The smallest absolute Gasteiger partial charge is 0.251 e. The van der Waals surface area contributed by atoms with E-state index < -0.39 is 0 Å². The minimum absolute atomic E-state index is 0.212. The molecule has 18 heavy (non-hydrogen) atoms. The minimum Gasteiger partial charge on any atom is -0.348 e. The molecule has 1 N–H and O–H groups in total. The van der Waals surface area contributed by atoms with Gasteiger partial charge in [0.25, 0.3) is 5.91 Å². The number of aromatic nitrogens is 2. The van der Waals surface area contributed by atoms with Crippen LogP contribution in [-0.4, -0.2) is 15.7 Å². The molecule has 0 aliphatic rings. The number of nitrogens with zero attached hydrogens (tertiary/aromatic N) is 2. The highest BCUT2D eigenvalue weighted by molar-refractivity contribution is 5.95. The predicted octanol–water partition coefficient (Wildman–Crippen LogP) is 1.80. The molecule has 1 heterocycles. The molecule has 0 atom stereocenters. The van der Waals surface area contributed by atoms with E-state index in [4.69, 9.17) is 0 Å². The summed E-state index contributed by atoms with van der Waals surface area (Å²) in [5.41, 5.74) is 2.03. The zero-order valence-corrected chi connectivity index (χ0v) is 10.3. The van der Waals surface area contributed by atoms with E-state index in [1.54, 1.807) is 17.8 Å². The van der Waals surface area contributed by atoms with E-state index >= 15 is 0 Å². The van der Waals surface area contributed by atoms with Gasteiger partial charge in [-0.25, -0.2) is 4.39 Å². The van der Waals surface area contributed by atoms with Crippen LogP contribution in [0.25, 0.3) is 0 Å². The Kier molecular flexibility index (Phi) is 3.41. The van der Waals surface area contributed by atoms with Crippen molar-refractivity contribution in [3.63, 3.8) is 0 Å². The Hall–Kier alpha value is -2.17. The number of benzene rings is 1. The molecule has 2 rings (SSSR count). The van der Waals surface area contributed by atoms with Crippen molar-refractivity contribution in [2.24, 2.45) is 7.05 Å². The maximum absolute atomic E-state index is 12.9. The third-order valence-electron chi connectivity index (χ3n) is 2.64. The van der Waals surface area contributed by atoms with Crippen LogP contribution in [0.1, 0.15) is 21.5 Å². The van der Waals surface area contributed by atoms with Crippen LogP contribution in [-0.2, 0) is 13.6 Å². The number of amides is 1. The van der Waals surface area contributed by atoms with Crippen molar-refractivity contribution in [1.29, 1.82) is 0 Å². The molecule has 0 aliphatic heterocycles. The Morgan fingerprint density at radius 3 is 2.89 bits per heavy atom. The lowest BCUT2D eigenvalue weighted by atomic mass is 10.1. The van der Waals surface area contributed by atoms with Crippen LogP contribution >= 0.6 is 0 Å². The SMILES string of the molecule is Cc1cc(F)ccc1C(=O)NCc1cnn(C)c1. The van der Waals surface area contributed by atoms with E-state index in [-0.39, 0.29) is 11.7 Å². The zero-order chi connectivity index (χ0) is 13.1. The summed E-state index contributed by atoms with van der Waals surface area (Å²) in [7, 11) is 1.81. The quantitative estimate of drug-likeness (QED) is 0.899. The van der Waals surface area contributed by atoms with Crippen LogP contribution in [0.15, 0.2) is 30.6 Å². The van der Waals surface area contributed by atoms with Crippen molar-refractivity contribution >= 4 is 5.91 Å². The van der Waals surface area contributed by atoms with E-state index in [9.17, 15) is 9.18 Å². The summed E-state index contributed by atoms with van der Waals surface area (Å²) in [6.45, 7) is 2.12. The van der Waals surface area contributed by atoms with Crippen molar-refractivity contribution in [3.05, 3.63) is 53.1 Å². The standard InChI is InChI=1S/C13H14FN3O/c1-9-5-11(14)3-4-12(9)13(18)15-6-10-7-16-17(2)8-10/h3-5,7-8H,6H2,1-2H3,(H,15,18). The first-order valence-corrected chi connectivity index (χ1v) is 5.58. The Bertz CT molecular complexity index is 577. The van der Waals surface area contributed by atoms with E-state index in [1.807, 2.05) is 13.2 Å². The van der Waals surface area contributed by atoms with Crippen LogP contribution in [0.2, 0.25) is 0 Å². The van der Waals surface area contributed by atoms with Crippen molar-refractivity contribution in [3.8, 4) is 0 Å². The largest absolute Gasteiger partial charge is 0.348 e. The fourth-order valence-corrected chi connectivity index (χ4v) is 1.72. The Labute approximate surface area is 104 Å². The molecule has 0 fully saturated rings. The predicted molar refractivity (Wildman–Crippen MR) is 65.5 cm³/mol. The third kappa shape index (κ3) is 2.74. The second-order valence-electron chi connectivity index (χ2n) is 4.16. The van der Waals surface area contributed by atoms with Crippen LogP contribution in [0.5, 0.6) is 0 Å². The highest BCUT2D eigenvalue weighted by Gasteiger charge is 2.09. The van der Waals surface area contributed by atoms with Gasteiger partial charge in [-0.2, -0.15) is 5.10 Å². The van der Waals surface area contributed by atoms with E-state index in [0.717, 1.165) is 5.56 Å². The summed E-state index contributed by atoms with van der Waals surface area (Å²) in [4.78, 5) is 11.9. The first kappa shape index (κ1) is 12.3. The lowest BCUT2D eigenvalue weighted by molar-refractivity contribution is 0.0950. The van der Waals surface area contributed by atoms with Gasteiger partial charge >= 0.3 is 0 Å². The summed E-state index contributed by atoms with van der Waals surface area (Å²) in [6, 6.07) is 4.12. The molecule has 1 aromatic heterocycles. The van der Waals surface area contributed by atoms with Crippen molar-refractivity contribution in [2.75, 3.05) is 0 Å². The van der Waals surface area contributed by atoms with E-state index in [0.29, 0.717) is 17.7 Å². The first-order chi connectivity index (χ1) is 8.56. The maximum Gasteiger partial charge on any atom is 0.251 e. The second-order valence-corrected chi connectivity index (χ2v) is 4.16. The number of rotatable bonds is 3. The van der Waals surface area contributed by atoms with Crippen LogP contribution in [0.3, 0.4) is 0 Å². The molecule has 0 radical (unpaired) electrons. The van der Waals surface area contributed by atoms with Crippen LogP contribution in [0, 0.1) is 12.7 Å². The van der Waals surface area contributed by atoms with Gasteiger partial charge in [-0.15, -0.1) is 0 Å². The molecule has 94 valence electrons. The van der Waals surface area contributed by atoms with Gasteiger partial charge in [-0.1, -0.05) is 0 Å². The first-order valence-electron chi connectivity index (χ1n) is 5.58. The maximum atomic E-state index is 12.9. The van der Waals surface area contributed by atoms with Gasteiger partial charge < -0.3 is 5.32 Å². The number of carbonyl (C=O) groups is 1. The number of halogens is 1. The molecule has 0 saturated heterocycles. The molecule has 0 bridgehead atoms. The Balaban J connectivity index is 2.03. The minimum atomic E-state index is -0.337. The lowest BCUT2D eigenvalue weighted by Crippen LogP contribution is -2.23. The van der Waals surface area contributed by atoms with Gasteiger partial charge in [0.05, 0.1) is 6.20 Å². The molecule has 4 nitrogen and oxygen atoms in total. The molecule has 0 aliphatic carbocycles. The summed E-state index contributed by atoms with van der Waals surface area (Å²) < 4.78 is 14.6. The Morgan fingerprint density at radius 2 is 2.28 bits per heavy atom. The van der Waals surface area contributed by atoms with E-state index in [1.165, 1.54) is 18.2 Å². The molecular formula is C13H14FN3O. The molecular weight excluding hydrogens is 233 g/mol. The fraction of sp³-hybridized carbons (Fsp3) is 0.231. The van der Waals surface area contributed by atoms with Gasteiger partial charge in [0, 0.05) is 30.9 Å². The van der Waals surface area contributed by atoms with Gasteiger partial charge in [-0.3, -0.25) is 9.48 Å². The average molecular weight is 247 g/mol. The van der Waals surface area contributed by atoms with Gasteiger partial charge in [0.15, 0.2) is 0 Å². The molecule has 1 amide bonds. The highest BCUT2D eigenvalue weighted by Crippen LogP contribution is 2.10. The highest BCUT2D eigenvalue weighted by atomic mass is 19.1. The number of hydrogen-bond donors (Lipinski definition) is 1. The normalized spacial score (nSPS) is 10.4. The van der Waals surface area contributed by atoms with Gasteiger partial charge in [-0.05, 0) is 30.7 Å². The Morgan fingerprint density at radius 1 is 1.50 bits per heavy atom. The summed E-state index contributed by atoms with van der Waals surface area (Å²) >= 11 is 0. The molecule has 5 heteroatoms. The zero-order valence-electron chi connectivity index (χ0n) is 10.3. The van der Waals surface area contributed by atoms with Crippen molar-refractivity contribution in [1.82, 2.24) is 15.1 Å². The molecule has 0 unspecified atom stereocenters. The van der Waals surface area contributed by atoms with Gasteiger partial charge in [0.1, 0.15) is 5.82 Å². The lowest BCUT2D eigenvalue weighted by Gasteiger charge is -2.06. The summed E-state index contributed by atoms with van der Waals surface area (Å²) in [6.07, 6.45) is 3.52. The second kappa shape index (κ2) is 5.00. The average Bonchev–Trinajstić information content (AvgIpc) is 2.72. The van der Waals surface area contributed by atoms with Crippen molar-refractivity contribution in [2.45, 2.75) is 13.5 Å². The number of nitrogens with one attached hydrogen (secondary N) is 1. The van der Waals surface area contributed by atoms with Crippen LogP contribution < -0.4 is 5.32 Å². The third-order valence-corrected chi connectivity index (χ3v) is 2.64. The summed E-state index contributed by atoms with van der Waals surface area (Å²) in [5.74, 6) is -0.548. The molecule has 0 spiro atoms. The summed E-state index contributed by atoms with van der Waals surface area (Å²) in [5, 5.41) is 6.79. The topological polar surface area (TPSA) is 46.9 Å². The number of aryl methyl sites for hydroxylation is 2. The molecule has 2 aromatic rings. The van der Waals surface area contributed by atoms with E-state index in [2.05, 4.69) is 10.4 Å². The molecule has 0 saturated carbocycles. The van der Waals surface area contributed by atoms with Gasteiger partial charge in [0.2, 0.25) is 0 Å². The fourth-order valence-electron chi connectivity index (χ4n) is 1.72. The number of carbonyl (C=O) groups excluding carboxylic acids is 1. The monoisotopic (exact) mass is 247 g/mol. The van der Waals surface area contributed by atoms with Crippen LogP contribution in [0.4, 0.5) is 4.39 Å². The molecule has 1 aromatic carbocycles.